The average Bonchev–Trinajstić information content (AvgIpc) is 3.34. The number of piperidine rings is 1. The van der Waals surface area contributed by atoms with Crippen LogP contribution in [-0.2, 0) is 0 Å². The van der Waals surface area contributed by atoms with Gasteiger partial charge in [0.1, 0.15) is 6.04 Å². The van der Waals surface area contributed by atoms with Gasteiger partial charge in [-0.25, -0.2) is 4.68 Å². The third kappa shape index (κ3) is 4.29. The molecular formula is C25H34N6O3. The topological polar surface area (TPSA) is 98.2 Å². The Morgan fingerprint density at radius 1 is 1.03 bits per heavy atom. The first-order valence-corrected chi connectivity index (χ1v) is 12.4. The Morgan fingerprint density at radius 2 is 1.79 bits per heavy atom. The van der Waals surface area contributed by atoms with Gasteiger partial charge in [0.15, 0.2) is 17.3 Å². The number of nitrogens with one attached hydrogen (secondary N) is 1. The number of aromatic nitrogens is 5. The van der Waals surface area contributed by atoms with Crippen molar-refractivity contribution >= 4 is 10.9 Å². The van der Waals surface area contributed by atoms with Gasteiger partial charge in [0, 0.05) is 23.6 Å². The molecule has 5 rings (SSSR count). The number of nitrogens with zero attached hydrogens (tertiary/aromatic N) is 5. The first-order chi connectivity index (χ1) is 16.6. The second kappa shape index (κ2) is 9.74. The Morgan fingerprint density at radius 3 is 2.53 bits per heavy atom. The maximum Gasteiger partial charge on any atom is 0.253 e. The lowest BCUT2D eigenvalue weighted by atomic mass is 9.93. The molecule has 3 aromatic rings. The standard InChI is InChI=1S/C25H34N6O3/c1-16-8-7-11-30(15-16)23(24-27-28-29-31(24)18-9-5-4-6-10-18)19-12-17-13-21(33-2)22(34-3)14-20(17)26-25(19)32/h12-14,16,18,23H,4-11,15H2,1-3H3,(H,26,32)/t16-,23-/m0/s1. The van der Waals surface area contributed by atoms with Crippen molar-refractivity contribution in [1.29, 1.82) is 0 Å². The Balaban J connectivity index is 1.65. The molecule has 9 nitrogen and oxygen atoms in total. The third-order valence-corrected chi connectivity index (χ3v) is 7.41. The lowest BCUT2D eigenvalue weighted by molar-refractivity contribution is 0.138. The molecule has 2 aliphatic rings. The molecule has 1 aliphatic heterocycles. The summed E-state index contributed by atoms with van der Waals surface area (Å²) in [6, 6.07) is 5.67. The van der Waals surface area contributed by atoms with Crippen LogP contribution in [-0.4, -0.2) is 57.4 Å². The fraction of sp³-hybridized carbons (Fsp3) is 0.600. The van der Waals surface area contributed by atoms with E-state index in [-0.39, 0.29) is 17.6 Å². The normalized spacial score (nSPS) is 21.0. The number of aromatic amines is 1. The highest BCUT2D eigenvalue weighted by atomic mass is 16.5. The van der Waals surface area contributed by atoms with Gasteiger partial charge in [0.05, 0.1) is 25.8 Å². The molecule has 1 N–H and O–H groups in total. The number of pyridine rings is 1. The van der Waals surface area contributed by atoms with Gasteiger partial charge in [0.2, 0.25) is 0 Å². The molecule has 1 aromatic carbocycles. The molecule has 182 valence electrons. The summed E-state index contributed by atoms with van der Waals surface area (Å²) in [7, 11) is 3.21. The maximum absolute atomic E-state index is 13.5. The van der Waals surface area contributed by atoms with Gasteiger partial charge in [-0.05, 0) is 60.7 Å². The van der Waals surface area contributed by atoms with Crippen LogP contribution in [0.5, 0.6) is 11.5 Å². The van der Waals surface area contributed by atoms with E-state index >= 15 is 0 Å². The van der Waals surface area contributed by atoms with Gasteiger partial charge in [-0.3, -0.25) is 9.69 Å². The van der Waals surface area contributed by atoms with Crippen molar-refractivity contribution in [1.82, 2.24) is 30.1 Å². The molecule has 0 amide bonds. The number of hydrogen-bond acceptors (Lipinski definition) is 7. The minimum Gasteiger partial charge on any atom is -0.493 e. The van der Waals surface area contributed by atoms with E-state index in [0.717, 1.165) is 43.6 Å². The lowest BCUT2D eigenvalue weighted by Crippen LogP contribution is -2.41. The summed E-state index contributed by atoms with van der Waals surface area (Å²) < 4.78 is 12.9. The molecule has 34 heavy (non-hydrogen) atoms. The minimum atomic E-state index is -0.305. The number of benzene rings is 1. The zero-order valence-electron chi connectivity index (χ0n) is 20.3. The summed E-state index contributed by atoms with van der Waals surface area (Å²) in [6.07, 6.45) is 8.08. The predicted molar refractivity (Wildman–Crippen MR) is 129 cm³/mol. The van der Waals surface area contributed by atoms with Crippen molar-refractivity contribution < 1.29 is 9.47 Å². The van der Waals surface area contributed by atoms with Crippen molar-refractivity contribution in [3.05, 3.63) is 39.9 Å². The summed E-state index contributed by atoms with van der Waals surface area (Å²) in [5.41, 5.74) is 1.26. The molecule has 2 atom stereocenters. The summed E-state index contributed by atoms with van der Waals surface area (Å²) in [5.74, 6) is 2.54. The van der Waals surface area contributed by atoms with Crippen LogP contribution in [0.2, 0.25) is 0 Å². The lowest BCUT2D eigenvalue weighted by Gasteiger charge is -2.37. The van der Waals surface area contributed by atoms with E-state index in [1.807, 2.05) is 22.9 Å². The van der Waals surface area contributed by atoms with E-state index in [4.69, 9.17) is 9.47 Å². The van der Waals surface area contributed by atoms with Gasteiger partial charge in [-0.15, -0.1) is 5.10 Å². The molecule has 1 saturated heterocycles. The number of likely N-dealkylation sites (tertiary alicyclic amines) is 1. The van der Waals surface area contributed by atoms with Crippen LogP contribution in [0.4, 0.5) is 0 Å². The zero-order valence-corrected chi connectivity index (χ0v) is 20.3. The summed E-state index contributed by atoms with van der Waals surface area (Å²) in [6.45, 7) is 4.09. The summed E-state index contributed by atoms with van der Waals surface area (Å²) >= 11 is 0. The fourth-order valence-corrected chi connectivity index (χ4v) is 5.68. The van der Waals surface area contributed by atoms with Crippen LogP contribution >= 0.6 is 0 Å². The fourth-order valence-electron chi connectivity index (χ4n) is 5.68. The molecule has 0 radical (unpaired) electrons. The monoisotopic (exact) mass is 466 g/mol. The van der Waals surface area contributed by atoms with Gasteiger partial charge in [-0.2, -0.15) is 0 Å². The van der Waals surface area contributed by atoms with Gasteiger partial charge >= 0.3 is 0 Å². The van der Waals surface area contributed by atoms with Crippen LogP contribution < -0.4 is 15.0 Å². The van der Waals surface area contributed by atoms with Crippen LogP contribution in [0.1, 0.15) is 75.3 Å². The van der Waals surface area contributed by atoms with E-state index in [9.17, 15) is 4.79 Å². The summed E-state index contributed by atoms with van der Waals surface area (Å²) in [5, 5.41) is 13.9. The maximum atomic E-state index is 13.5. The SMILES string of the molecule is COc1cc2cc([C@@H](c3nnnn3C3CCCCC3)N3CCC[C@H](C)C3)c(=O)[nH]c2cc1OC. The number of rotatable bonds is 6. The Bertz CT molecular complexity index is 1200. The zero-order chi connectivity index (χ0) is 23.7. The average molecular weight is 467 g/mol. The first-order valence-electron chi connectivity index (χ1n) is 12.4. The first kappa shape index (κ1) is 22.8. The van der Waals surface area contributed by atoms with Crippen molar-refractivity contribution in [3.8, 4) is 11.5 Å². The second-order valence-corrected chi connectivity index (χ2v) is 9.77. The van der Waals surface area contributed by atoms with E-state index in [2.05, 4.69) is 32.3 Å². The molecule has 0 bridgehead atoms. The highest BCUT2D eigenvalue weighted by Gasteiger charge is 2.34. The quantitative estimate of drug-likeness (QED) is 0.589. The van der Waals surface area contributed by atoms with Gasteiger partial charge < -0.3 is 14.5 Å². The molecule has 0 spiro atoms. The number of ether oxygens (including phenoxy) is 2. The van der Waals surface area contributed by atoms with Crippen LogP contribution in [0.3, 0.4) is 0 Å². The number of tetrazole rings is 1. The second-order valence-electron chi connectivity index (χ2n) is 9.77. The molecule has 3 heterocycles. The van der Waals surface area contributed by atoms with E-state index in [1.54, 1.807) is 14.2 Å². The van der Waals surface area contributed by atoms with Gasteiger partial charge in [-0.1, -0.05) is 26.2 Å². The number of hydrogen-bond donors (Lipinski definition) is 1. The molecule has 1 saturated carbocycles. The molecular weight excluding hydrogens is 432 g/mol. The largest absolute Gasteiger partial charge is 0.493 e. The molecule has 2 aromatic heterocycles. The van der Waals surface area contributed by atoms with E-state index < -0.39 is 0 Å². The highest BCUT2D eigenvalue weighted by Crippen LogP contribution is 2.36. The molecule has 2 fully saturated rings. The molecule has 0 unspecified atom stereocenters. The van der Waals surface area contributed by atoms with E-state index in [0.29, 0.717) is 28.5 Å². The van der Waals surface area contributed by atoms with Crippen molar-refractivity contribution in [3.63, 3.8) is 0 Å². The van der Waals surface area contributed by atoms with Crippen molar-refractivity contribution in [2.75, 3.05) is 27.3 Å². The minimum absolute atomic E-state index is 0.124. The Kier molecular flexibility index (Phi) is 6.54. The number of methoxy groups -OCH3 is 2. The highest BCUT2D eigenvalue weighted by molar-refractivity contribution is 5.83. The Labute approximate surface area is 199 Å². The van der Waals surface area contributed by atoms with Crippen LogP contribution in [0, 0.1) is 5.92 Å². The van der Waals surface area contributed by atoms with Crippen molar-refractivity contribution in [2.45, 2.75) is 64.0 Å². The van der Waals surface area contributed by atoms with Crippen molar-refractivity contribution in [2.24, 2.45) is 5.92 Å². The van der Waals surface area contributed by atoms with Crippen LogP contribution in [0.25, 0.3) is 10.9 Å². The molecule has 9 heteroatoms. The molecule has 1 aliphatic carbocycles. The Hall–Kier alpha value is -2.94. The predicted octanol–water partition coefficient (Wildman–Crippen LogP) is 3.86. The van der Waals surface area contributed by atoms with E-state index in [1.165, 1.54) is 25.7 Å². The third-order valence-electron chi connectivity index (χ3n) is 7.41. The van der Waals surface area contributed by atoms with Gasteiger partial charge in [0.25, 0.3) is 5.56 Å². The summed E-state index contributed by atoms with van der Waals surface area (Å²) in [4.78, 5) is 19.0. The number of fused-ring (bicyclic) bond motifs is 1. The number of H-pyrrole nitrogens is 1. The van der Waals surface area contributed by atoms with Crippen LogP contribution in [0.15, 0.2) is 23.0 Å². The smallest absolute Gasteiger partial charge is 0.253 e.